The van der Waals surface area contributed by atoms with E-state index in [4.69, 9.17) is 0 Å². The summed E-state index contributed by atoms with van der Waals surface area (Å²) in [7, 11) is 0. The highest BCUT2D eigenvalue weighted by atomic mass is 35.5. The van der Waals surface area contributed by atoms with E-state index in [1.807, 2.05) is 32.6 Å². The number of hydrogen-bond donors (Lipinski definition) is 2. The maximum atomic E-state index is 12.1. The Morgan fingerprint density at radius 3 is 2.40 bits per heavy atom. The third-order valence-electron chi connectivity index (χ3n) is 4.21. The van der Waals surface area contributed by atoms with Crippen LogP contribution in [0.1, 0.15) is 34.1 Å². The fourth-order valence-electron chi connectivity index (χ4n) is 2.66. The lowest BCUT2D eigenvalue weighted by atomic mass is 9.88. The third-order valence-corrected chi connectivity index (χ3v) is 4.21. The van der Waals surface area contributed by atoms with E-state index < -0.39 is 0 Å². The first-order valence-corrected chi connectivity index (χ1v) is 7.10. The molecule has 0 aliphatic carbocycles. The molecular weight excluding hydrogens is 278 g/mol. The summed E-state index contributed by atoms with van der Waals surface area (Å²) >= 11 is 0. The molecule has 2 aliphatic rings. The largest absolute Gasteiger partial charge is 0.351 e. The fourth-order valence-corrected chi connectivity index (χ4v) is 2.66. The van der Waals surface area contributed by atoms with Crippen molar-refractivity contribution < 1.29 is 9.59 Å². The summed E-state index contributed by atoms with van der Waals surface area (Å²) in [5.41, 5.74) is -0.167. The number of amides is 2. The summed E-state index contributed by atoms with van der Waals surface area (Å²) in [6.07, 6.45) is 0.429. The Hall–Kier alpha value is -0.810. The summed E-state index contributed by atoms with van der Waals surface area (Å²) in [6, 6.07) is -0.0327. The first-order valence-electron chi connectivity index (χ1n) is 7.10. The zero-order valence-corrected chi connectivity index (χ0v) is 13.5. The van der Waals surface area contributed by atoms with Crippen LogP contribution < -0.4 is 10.6 Å². The molecule has 2 rings (SSSR count). The second kappa shape index (κ2) is 6.31. The van der Waals surface area contributed by atoms with Gasteiger partial charge in [-0.15, -0.1) is 12.4 Å². The molecule has 6 heteroatoms. The number of nitrogens with one attached hydrogen (secondary N) is 2. The van der Waals surface area contributed by atoms with Crippen LogP contribution in [-0.2, 0) is 9.59 Å². The summed E-state index contributed by atoms with van der Waals surface area (Å²) in [5.74, 6) is 0.687. The number of rotatable bonds is 3. The molecule has 2 atom stereocenters. The number of likely N-dealkylation sites (tertiary alicyclic amines) is 1. The smallest absolute Gasteiger partial charge is 0.225 e. The summed E-state index contributed by atoms with van der Waals surface area (Å²) in [5, 5.41) is 6.21. The van der Waals surface area contributed by atoms with E-state index in [2.05, 4.69) is 10.6 Å². The molecular formula is C14H26ClN3O2. The predicted octanol–water partition coefficient (Wildman–Crippen LogP) is 0.779. The van der Waals surface area contributed by atoms with Gasteiger partial charge in [0.15, 0.2) is 0 Å². The van der Waals surface area contributed by atoms with Crippen molar-refractivity contribution >= 4 is 24.2 Å². The van der Waals surface area contributed by atoms with Crippen LogP contribution >= 0.6 is 12.4 Å². The SMILES string of the molecule is CC(C(=O)NC1CC(=O)N(C(C)(C)C)C1)C1CNC1.Cl. The molecule has 2 unspecified atom stereocenters. The molecule has 2 N–H and O–H groups in total. The van der Waals surface area contributed by atoms with Gasteiger partial charge in [-0.1, -0.05) is 6.92 Å². The number of carbonyl (C=O) groups is 2. The van der Waals surface area contributed by atoms with Gasteiger partial charge in [0.25, 0.3) is 0 Å². The molecule has 0 radical (unpaired) electrons. The van der Waals surface area contributed by atoms with Crippen molar-refractivity contribution in [3.8, 4) is 0 Å². The minimum absolute atomic E-state index is 0. The lowest BCUT2D eigenvalue weighted by molar-refractivity contribution is -0.131. The first kappa shape index (κ1) is 17.2. The Bertz CT molecular complexity index is 377. The van der Waals surface area contributed by atoms with Crippen LogP contribution in [0.5, 0.6) is 0 Å². The molecule has 20 heavy (non-hydrogen) atoms. The van der Waals surface area contributed by atoms with Crippen LogP contribution in [0.15, 0.2) is 0 Å². The third kappa shape index (κ3) is 3.64. The Morgan fingerprint density at radius 1 is 1.40 bits per heavy atom. The monoisotopic (exact) mass is 303 g/mol. The maximum Gasteiger partial charge on any atom is 0.225 e. The van der Waals surface area contributed by atoms with Gasteiger partial charge in [-0.05, 0) is 39.8 Å². The molecule has 116 valence electrons. The lowest BCUT2D eigenvalue weighted by Gasteiger charge is -2.33. The predicted molar refractivity (Wildman–Crippen MR) is 80.8 cm³/mol. The highest BCUT2D eigenvalue weighted by Crippen LogP contribution is 2.23. The van der Waals surface area contributed by atoms with Gasteiger partial charge < -0.3 is 15.5 Å². The van der Waals surface area contributed by atoms with Crippen LogP contribution in [0.3, 0.4) is 0 Å². The molecule has 0 bridgehead atoms. The van der Waals surface area contributed by atoms with Crippen LogP contribution in [0.25, 0.3) is 0 Å². The number of nitrogens with zero attached hydrogens (tertiary/aromatic N) is 1. The standard InChI is InChI=1S/C14H25N3O2.ClH/c1-9(10-6-15-7-10)13(19)16-11-5-12(18)17(8-11)14(2,3)4;/h9-11,15H,5-8H2,1-4H3,(H,16,19);1H. The molecule has 0 aromatic heterocycles. The zero-order chi connectivity index (χ0) is 14.2. The van der Waals surface area contributed by atoms with E-state index >= 15 is 0 Å². The van der Waals surface area contributed by atoms with Crippen molar-refractivity contribution in [2.75, 3.05) is 19.6 Å². The van der Waals surface area contributed by atoms with Crippen molar-refractivity contribution in [3.63, 3.8) is 0 Å². The van der Waals surface area contributed by atoms with Gasteiger partial charge >= 0.3 is 0 Å². The van der Waals surface area contributed by atoms with E-state index in [0.717, 1.165) is 13.1 Å². The number of carbonyl (C=O) groups excluding carboxylic acids is 2. The highest BCUT2D eigenvalue weighted by Gasteiger charge is 2.38. The topological polar surface area (TPSA) is 61.4 Å². The number of hydrogen-bond acceptors (Lipinski definition) is 3. The van der Waals surface area contributed by atoms with Gasteiger partial charge in [-0.25, -0.2) is 0 Å². The van der Waals surface area contributed by atoms with Crippen molar-refractivity contribution in [3.05, 3.63) is 0 Å². The van der Waals surface area contributed by atoms with Gasteiger partial charge in [-0.3, -0.25) is 9.59 Å². The Morgan fingerprint density at radius 2 is 2.00 bits per heavy atom. The van der Waals surface area contributed by atoms with Crippen molar-refractivity contribution in [1.29, 1.82) is 0 Å². The van der Waals surface area contributed by atoms with Crippen LogP contribution in [-0.4, -0.2) is 47.9 Å². The van der Waals surface area contributed by atoms with Gasteiger partial charge in [0.2, 0.25) is 11.8 Å². The Kier molecular flexibility index (Phi) is 5.44. The van der Waals surface area contributed by atoms with E-state index in [1.165, 1.54) is 0 Å². The maximum absolute atomic E-state index is 12.1. The van der Waals surface area contributed by atoms with Crippen LogP contribution in [0.4, 0.5) is 0 Å². The molecule has 0 aromatic carbocycles. The first-order chi connectivity index (χ1) is 8.79. The van der Waals surface area contributed by atoms with Gasteiger partial charge in [0, 0.05) is 24.4 Å². The molecule has 2 heterocycles. The van der Waals surface area contributed by atoms with Gasteiger partial charge in [0.1, 0.15) is 0 Å². The van der Waals surface area contributed by atoms with Crippen molar-refractivity contribution in [1.82, 2.24) is 15.5 Å². The molecule has 2 aliphatic heterocycles. The van der Waals surface area contributed by atoms with E-state index in [-0.39, 0.29) is 41.7 Å². The van der Waals surface area contributed by atoms with Crippen LogP contribution in [0.2, 0.25) is 0 Å². The summed E-state index contributed by atoms with van der Waals surface area (Å²) in [6.45, 7) is 10.5. The van der Waals surface area contributed by atoms with Crippen molar-refractivity contribution in [2.45, 2.75) is 45.7 Å². The van der Waals surface area contributed by atoms with Gasteiger partial charge in [0.05, 0.1) is 6.04 Å². The summed E-state index contributed by atoms with van der Waals surface area (Å²) < 4.78 is 0. The van der Waals surface area contributed by atoms with Gasteiger partial charge in [-0.2, -0.15) is 0 Å². The van der Waals surface area contributed by atoms with E-state index in [1.54, 1.807) is 0 Å². The summed E-state index contributed by atoms with van der Waals surface area (Å²) in [4.78, 5) is 25.9. The fraction of sp³-hybridized carbons (Fsp3) is 0.857. The average molecular weight is 304 g/mol. The quantitative estimate of drug-likeness (QED) is 0.810. The average Bonchev–Trinajstić information content (AvgIpc) is 2.56. The molecule has 0 aromatic rings. The molecule has 2 fully saturated rings. The number of halogens is 1. The Labute approximate surface area is 127 Å². The van der Waals surface area contributed by atoms with Crippen LogP contribution in [0, 0.1) is 11.8 Å². The van der Waals surface area contributed by atoms with E-state index in [0.29, 0.717) is 18.9 Å². The Balaban J connectivity index is 0.00000200. The normalized spacial score (nSPS) is 24.9. The highest BCUT2D eigenvalue weighted by molar-refractivity contribution is 5.85. The molecule has 5 nitrogen and oxygen atoms in total. The van der Waals surface area contributed by atoms with E-state index in [9.17, 15) is 9.59 Å². The molecule has 2 saturated heterocycles. The second-order valence-corrected chi connectivity index (χ2v) is 6.79. The molecule has 0 spiro atoms. The minimum atomic E-state index is -0.167. The zero-order valence-electron chi connectivity index (χ0n) is 12.7. The van der Waals surface area contributed by atoms with Crippen molar-refractivity contribution in [2.24, 2.45) is 11.8 Å². The molecule has 2 amide bonds. The lowest BCUT2D eigenvalue weighted by Crippen LogP contribution is -2.51. The second-order valence-electron chi connectivity index (χ2n) is 6.79. The molecule has 0 saturated carbocycles. The minimum Gasteiger partial charge on any atom is -0.351 e.